The van der Waals surface area contributed by atoms with Crippen LogP contribution in [0, 0.1) is 0 Å². The van der Waals surface area contributed by atoms with Gasteiger partial charge in [0.15, 0.2) is 5.82 Å². The highest BCUT2D eigenvalue weighted by Crippen LogP contribution is 2.10. The van der Waals surface area contributed by atoms with E-state index in [0.29, 0.717) is 24.6 Å². The third-order valence-corrected chi connectivity index (χ3v) is 3.97. The van der Waals surface area contributed by atoms with E-state index in [9.17, 15) is 9.59 Å². The molecule has 0 fully saturated rings. The molecule has 0 aliphatic rings. The van der Waals surface area contributed by atoms with E-state index in [-0.39, 0.29) is 11.5 Å². The molecule has 0 bridgehead atoms. The minimum Gasteiger partial charge on any atom is -0.337 e. The number of amides is 1. The van der Waals surface area contributed by atoms with Gasteiger partial charge in [-0.05, 0) is 18.6 Å². The van der Waals surface area contributed by atoms with E-state index >= 15 is 0 Å². The number of carbonyl (C=O) groups is 1. The van der Waals surface area contributed by atoms with E-state index in [0.717, 1.165) is 12.2 Å². The molecular formula is C18H20N6O2. The summed E-state index contributed by atoms with van der Waals surface area (Å²) < 4.78 is 1.85. The molecule has 3 aromatic rings. The van der Waals surface area contributed by atoms with Crippen LogP contribution in [0.25, 0.3) is 11.5 Å². The molecule has 0 atom stereocenters. The molecule has 134 valence electrons. The smallest absolute Gasteiger partial charge is 0.264 e. The third-order valence-electron chi connectivity index (χ3n) is 3.97. The number of nitrogens with zero attached hydrogens (tertiary/aromatic N) is 5. The van der Waals surface area contributed by atoms with Gasteiger partial charge in [0.2, 0.25) is 0 Å². The summed E-state index contributed by atoms with van der Waals surface area (Å²) >= 11 is 0. The van der Waals surface area contributed by atoms with Crippen LogP contribution in [0.1, 0.15) is 29.5 Å². The van der Waals surface area contributed by atoms with Crippen LogP contribution in [0.15, 0.2) is 47.8 Å². The third kappa shape index (κ3) is 3.69. The Kier molecular flexibility index (Phi) is 5.21. The van der Waals surface area contributed by atoms with E-state index in [1.165, 1.54) is 6.20 Å². The van der Waals surface area contributed by atoms with Gasteiger partial charge in [-0.25, -0.2) is 9.97 Å². The van der Waals surface area contributed by atoms with E-state index in [4.69, 9.17) is 0 Å². The van der Waals surface area contributed by atoms with E-state index in [1.807, 2.05) is 24.7 Å². The number of nitrogens with one attached hydrogen (secondary N) is 1. The fourth-order valence-electron chi connectivity index (χ4n) is 2.59. The zero-order valence-electron chi connectivity index (χ0n) is 14.7. The molecule has 3 aromatic heterocycles. The molecule has 3 rings (SSSR count). The second-order valence-electron chi connectivity index (χ2n) is 5.87. The predicted molar refractivity (Wildman–Crippen MR) is 96.3 cm³/mol. The molecule has 8 nitrogen and oxygen atoms in total. The van der Waals surface area contributed by atoms with Gasteiger partial charge < -0.3 is 14.5 Å². The SMILES string of the molecule is CCCN(Cc1nccn1C)C(=O)c1cnc(-c2ccccn2)[nH]c1=O. The molecule has 0 aromatic carbocycles. The lowest BCUT2D eigenvalue weighted by atomic mass is 10.2. The van der Waals surface area contributed by atoms with Gasteiger partial charge in [-0.3, -0.25) is 14.6 Å². The molecule has 8 heteroatoms. The average molecular weight is 352 g/mol. The van der Waals surface area contributed by atoms with Crippen LogP contribution in [0.3, 0.4) is 0 Å². The molecule has 0 aliphatic heterocycles. The molecular weight excluding hydrogens is 332 g/mol. The Bertz CT molecular complexity index is 948. The normalized spacial score (nSPS) is 10.7. The Balaban J connectivity index is 1.87. The number of aromatic amines is 1. The van der Waals surface area contributed by atoms with Crippen LogP contribution in [-0.4, -0.2) is 41.9 Å². The fourth-order valence-corrected chi connectivity index (χ4v) is 2.59. The fraction of sp³-hybridized carbons (Fsp3) is 0.278. The number of H-pyrrole nitrogens is 1. The highest BCUT2D eigenvalue weighted by atomic mass is 16.2. The van der Waals surface area contributed by atoms with Crippen LogP contribution in [0.2, 0.25) is 0 Å². The molecule has 0 radical (unpaired) electrons. The highest BCUT2D eigenvalue weighted by molar-refractivity contribution is 5.93. The van der Waals surface area contributed by atoms with Gasteiger partial charge in [0.05, 0.1) is 6.54 Å². The van der Waals surface area contributed by atoms with E-state index in [2.05, 4.69) is 19.9 Å². The first-order valence-electron chi connectivity index (χ1n) is 8.36. The van der Waals surface area contributed by atoms with Crippen LogP contribution in [0.4, 0.5) is 0 Å². The molecule has 26 heavy (non-hydrogen) atoms. The lowest BCUT2D eigenvalue weighted by molar-refractivity contribution is 0.0735. The van der Waals surface area contributed by atoms with Crippen molar-refractivity contribution in [1.82, 2.24) is 29.4 Å². The van der Waals surface area contributed by atoms with Gasteiger partial charge in [0.1, 0.15) is 17.1 Å². The highest BCUT2D eigenvalue weighted by Gasteiger charge is 2.21. The average Bonchev–Trinajstić information content (AvgIpc) is 3.06. The Hall–Kier alpha value is -3.29. The number of imidazole rings is 1. The molecule has 0 saturated heterocycles. The minimum absolute atomic E-state index is 0.00680. The largest absolute Gasteiger partial charge is 0.337 e. The number of hydrogen-bond donors (Lipinski definition) is 1. The van der Waals surface area contributed by atoms with E-state index in [1.54, 1.807) is 35.5 Å². The van der Waals surface area contributed by atoms with E-state index < -0.39 is 5.56 Å². The first kappa shape index (κ1) is 17.5. The van der Waals surface area contributed by atoms with Gasteiger partial charge in [-0.1, -0.05) is 13.0 Å². The van der Waals surface area contributed by atoms with Crippen LogP contribution < -0.4 is 5.56 Å². The topological polar surface area (TPSA) is 96.8 Å². The van der Waals surface area contributed by atoms with Crippen LogP contribution in [-0.2, 0) is 13.6 Å². The van der Waals surface area contributed by atoms with Gasteiger partial charge in [0, 0.05) is 38.4 Å². The lowest BCUT2D eigenvalue weighted by Gasteiger charge is -2.21. The van der Waals surface area contributed by atoms with Gasteiger partial charge in [0.25, 0.3) is 11.5 Å². The quantitative estimate of drug-likeness (QED) is 0.727. The molecule has 1 amide bonds. The van der Waals surface area contributed by atoms with Crippen molar-refractivity contribution in [2.24, 2.45) is 7.05 Å². The minimum atomic E-state index is -0.480. The molecule has 3 heterocycles. The first-order valence-corrected chi connectivity index (χ1v) is 8.36. The summed E-state index contributed by atoms with van der Waals surface area (Å²) in [7, 11) is 1.87. The maximum absolute atomic E-state index is 12.9. The number of aromatic nitrogens is 5. The summed E-state index contributed by atoms with van der Waals surface area (Å²) in [6.07, 6.45) is 7.20. The summed E-state index contributed by atoms with van der Waals surface area (Å²) in [5.41, 5.74) is 0.0703. The Morgan fingerprint density at radius 3 is 2.69 bits per heavy atom. The van der Waals surface area contributed by atoms with Crippen molar-refractivity contribution in [3.63, 3.8) is 0 Å². The number of aryl methyl sites for hydroxylation is 1. The standard InChI is InChI=1S/C18H20N6O2/c1-3-9-24(12-15-20-8-10-23(15)2)18(26)13-11-21-16(22-17(13)25)14-6-4-5-7-19-14/h4-8,10-11H,3,9,12H2,1-2H3,(H,21,22,25). The van der Waals surface area contributed by atoms with Crippen molar-refractivity contribution < 1.29 is 4.79 Å². The van der Waals surface area contributed by atoms with Crippen molar-refractivity contribution in [3.05, 3.63) is 64.7 Å². The molecule has 1 N–H and O–H groups in total. The van der Waals surface area contributed by atoms with Crippen molar-refractivity contribution in [1.29, 1.82) is 0 Å². The number of pyridine rings is 1. The lowest BCUT2D eigenvalue weighted by Crippen LogP contribution is -2.36. The molecule has 0 saturated carbocycles. The summed E-state index contributed by atoms with van der Waals surface area (Å²) in [5, 5.41) is 0. The van der Waals surface area contributed by atoms with Crippen molar-refractivity contribution in [3.8, 4) is 11.5 Å². The van der Waals surface area contributed by atoms with Gasteiger partial charge in [-0.2, -0.15) is 0 Å². The maximum atomic E-state index is 12.9. The Labute approximate surface area is 150 Å². The number of rotatable bonds is 6. The Morgan fingerprint density at radius 2 is 2.08 bits per heavy atom. The predicted octanol–water partition coefficient (Wildman–Crippen LogP) is 1.62. The Morgan fingerprint density at radius 1 is 1.23 bits per heavy atom. The second kappa shape index (κ2) is 7.73. The van der Waals surface area contributed by atoms with Crippen LogP contribution >= 0.6 is 0 Å². The molecule has 0 spiro atoms. The molecule has 0 aliphatic carbocycles. The zero-order chi connectivity index (χ0) is 18.5. The van der Waals surface area contributed by atoms with Gasteiger partial charge >= 0.3 is 0 Å². The number of carbonyl (C=O) groups excluding carboxylic acids is 1. The summed E-state index contributed by atoms with van der Waals surface area (Å²) in [4.78, 5) is 42.1. The maximum Gasteiger partial charge on any atom is 0.264 e. The first-order chi connectivity index (χ1) is 12.6. The summed E-state index contributed by atoms with van der Waals surface area (Å²) in [6, 6.07) is 5.32. The zero-order valence-corrected chi connectivity index (χ0v) is 14.7. The molecule has 0 unspecified atom stereocenters. The summed E-state index contributed by atoms with van der Waals surface area (Å²) in [5.74, 6) is 0.718. The van der Waals surface area contributed by atoms with Crippen molar-refractivity contribution in [2.45, 2.75) is 19.9 Å². The monoisotopic (exact) mass is 352 g/mol. The second-order valence-corrected chi connectivity index (χ2v) is 5.87. The van der Waals surface area contributed by atoms with Crippen molar-refractivity contribution in [2.75, 3.05) is 6.54 Å². The van der Waals surface area contributed by atoms with Crippen molar-refractivity contribution >= 4 is 5.91 Å². The van der Waals surface area contributed by atoms with Crippen LogP contribution in [0.5, 0.6) is 0 Å². The van der Waals surface area contributed by atoms with Gasteiger partial charge in [-0.15, -0.1) is 0 Å². The summed E-state index contributed by atoms with van der Waals surface area (Å²) in [6.45, 7) is 2.83. The number of hydrogen-bond acceptors (Lipinski definition) is 5.